The highest BCUT2D eigenvalue weighted by molar-refractivity contribution is 5.35. The molecule has 148 valence electrons. The molecular weight excluding hydrogens is 343 g/mol. The Kier molecular flexibility index (Phi) is 4.97. The van der Waals surface area contributed by atoms with Gasteiger partial charge in [-0.15, -0.1) is 0 Å². The molecule has 1 unspecified atom stereocenters. The summed E-state index contributed by atoms with van der Waals surface area (Å²) in [6.07, 6.45) is 5.54. The number of halogens is 1. The Balaban J connectivity index is 1.26. The summed E-state index contributed by atoms with van der Waals surface area (Å²) in [5.41, 5.74) is 2.77. The molecule has 0 aliphatic carbocycles. The van der Waals surface area contributed by atoms with Crippen LogP contribution in [0.5, 0.6) is 0 Å². The zero-order valence-electron chi connectivity index (χ0n) is 16.1. The largest absolute Gasteiger partial charge is 0.381 e. The predicted octanol–water partition coefficient (Wildman–Crippen LogP) is 3.03. The van der Waals surface area contributed by atoms with Crippen molar-refractivity contribution in [1.82, 2.24) is 10.2 Å². The molecule has 4 fully saturated rings. The molecule has 0 amide bonds. The highest BCUT2D eigenvalue weighted by Crippen LogP contribution is 2.39. The van der Waals surface area contributed by atoms with Crippen molar-refractivity contribution in [3.63, 3.8) is 0 Å². The Labute approximate surface area is 161 Å². The quantitative estimate of drug-likeness (QED) is 0.882. The molecule has 4 heterocycles. The van der Waals surface area contributed by atoms with Gasteiger partial charge in [0.1, 0.15) is 5.82 Å². The van der Waals surface area contributed by atoms with Crippen LogP contribution in [0.4, 0.5) is 4.39 Å². The molecule has 1 spiro atoms. The first kappa shape index (κ1) is 18.0. The van der Waals surface area contributed by atoms with Gasteiger partial charge in [0.05, 0.1) is 12.2 Å². The van der Waals surface area contributed by atoms with E-state index < -0.39 is 0 Å². The first-order chi connectivity index (χ1) is 13.2. The summed E-state index contributed by atoms with van der Waals surface area (Å²) in [4.78, 5) is 2.62. The van der Waals surface area contributed by atoms with Crippen molar-refractivity contribution in [2.75, 3.05) is 46.0 Å². The lowest BCUT2D eigenvalue weighted by Gasteiger charge is -2.40. The van der Waals surface area contributed by atoms with Gasteiger partial charge in [0, 0.05) is 32.3 Å². The topological polar surface area (TPSA) is 33.7 Å². The first-order valence-electron chi connectivity index (χ1n) is 10.7. The van der Waals surface area contributed by atoms with Gasteiger partial charge in [-0.25, -0.2) is 4.39 Å². The lowest BCUT2D eigenvalue weighted by atomic mass is 9.80. The fourth-order valence-electron chi connectivity index (χ4n) is 5.56. The van der Waals surface area contributed by atoms with Crippen LogP contribution in [0.3, 0.4) is 0 Å². The summed E-state index contributed by atoms with van der Waals surface area (Å²) in [6.45, 7) is 6.77. The van der Waals surface area contributed by atoms with Crippen molar-refractivity contribution in [2.24, 2.45) is 0 Å². The fraction of sp³-hybridized carbons (Fsp3) is 0.727. The van der Waals surface area contributed by atoms with E-state index in [9.17, 15) is 4.39 Å². The molecule has 0 saturated carbocycles. The van der Waals surface area contributed by atoms with Crippen molar-refractivity contribution in [1.29, 1.82) is 0 Å². The third-order valence-electron chi connectivity index (χ3n) is 7.28. The van der Waals surface area contributed by atoms with E-state index in [4.69, 9.17) is 9.47 Å². The normalized spacial score (nSPS) is 29.9. The third kappa shape index (κ3) is 3.55. The van der Waals surface area contributed by atoms with E-state index in [1.165, 1.54) is 11.1 Å². The fourth-order valence-corrected chi connectivity index (χ4v) is 5.56. The zero-order chi connectivity index (χ0) is 18.3. The average molecular weight is 375 g/mol. The Bertz CT molecular complexity index is 664. The smallest absolute Gasteiger partial charge is 0.123 e. The molecule has 4 nitrogen and oxygen atoms in total. The molecule has 4 aliphatic rings. The van der Waals surface area contributed by atoms with Gasteiger partial charge in [-0.3, -0.25) is 4.90 Å². The van der Waals surface area contributed by atoms with Crippen LogP contribution in [-0.2, 0) is 9.47 Å². The standard InChI is InChI=1S/C22H31FN2O2/c23-18-1-2-20(17-5-9-26-10-6-17)21(11-18)16-3-7-25(8-4-16)19-12-22(27-13-19)14-24-15-22/h1-2,11,16-17,19,24H,3-10,12-15H2. The van der Waals surface area contributed by atoms with Crippen LogP contribution in [0, 0.1) is 5.82 Å². The molecule has 4 saturated heterocycles. The summed E-state index contributed by atoms with van der Waals surface area (Å²) < 4.78 is 25.7. The molecule has 4 aliphatic heterocycles. The number of rotatable bonds is 3. The third-order valence-corrected chi connectivity index (χ3v) is 7.28. The Morgan fingerprint density at radius 3 is 2.41 bits per heavy atom. The zero-order valence-corrected chi connectivity index (χ0v) is 16.1. The van der Waals surface area contributed by atoms with E-state index in [1.807, 2.05) is 12.1 Å². The van der Waals surface area contributed by atoms with Gasteiger partial charge in [-0.05, 0) is 80.3 Å². The maximum absolute atomic E-state index is 14.1. The van der Waals surface area contributed by atoms with Crippen molar-refractivity contribution in [2.45, 2.75) is 55.6 Å². The number of likely N-dealkylation sites (tertiary alicyclic amines) is 1. The molecule has 5 rings (SSSR count). The number of nitrogens with zero attached hydrogens (tertiary/aromatic N) is 1. The highest BCUT2D eigenvalue weighted by atomic mass is 19.1. The van der Waals surface area contributed by atoms with E-state index in [0.29, 0.717) is 17.9 Å². The minimum Gasteiger partial charge on any atom is -0.381 e. The van der Waals surface area contributed by atoms with E-state index >= 15 is 0 Å². The van der Waals surface area contributed by atoms with E-state index in [1.54, 1.807) is 6.07 Å². The monoisotopic (exact) mass is 374 g/mol. The number of nitrogens with one attached hydrogen (secondary N) is 1. The summed E-state index contributed by atoms with van der Waals surface area (Å²) in [5.74, 6) is 0.921. The average Bonchev–Trinajstić information content (AvgIpc) is 3.15. The molecule has 0 bridgehead atoms. The van der Waals surface area contributed by atoms with Crippen molar-refractivity contribution >= 4 is 0 Å². The lowest BCUT2D eigenvalue weighted by Crippen LogP contribution is -2.59. The molecular formula is C22H31FN2O2. The van der Waals surface area contributed by atoms with Gasteiger partial charge in [0.2, 0.25) is 0 Å². The number of benzene rings is 1. The SMILES string of the molecule is Fc1ccc(C2CCOCC2)c(C2CCN(C3COC4(CNC4)C3)CC2)c1. The van der Waals surface area contributed by atoms with Gasteiger partial charge in [-0.1, -0.05) is 6.07 Å². The summed E-state index contributed by atoms with van der Waals surface area (Å²) in [7, 11) is 0. The van der Waals surface area contributed by atoms with Crippen molar-refractivity contribution in [3.05, 3.63) is 35.1 Å². The summed E-state index contributed by atoms with van der Waals surface area (Å²) >= 11 is 0. The summed E-state index contributed by atoms with van der Waals surface area (Å²) in [6, 6.07) is 6.07. The molecule has 1 atom stereocenters. The minimum absolute atomic E-state index is 0.0909. The van der Waals surface area contributed by atoms with Crippen LogP contribution in [0.15, 0.2) is 18.2 Å². The van der Waals surface area contributed by atoms with Crippen LogP contribution >= 0.6 is 0 Å². The van der Waals surface area contributed by atoms with Crippen molar-refractivity contribution in [3.8, 4) is 0 Å². The molecule has 1 aromatic rings. The number of hydrogen-bond donors (Lipinski definition) is 1. The second kappa shape index (κ2) is 7.43. The first-order valence-corrected chi connectivity index (χ1v) is 10.7. The highest BCUT2D eigenvalue weighted by Gasteiger charge is 2.47. The van der Waals surface area contributed by atoms with Crippen LogP contribution in [0.2, 0.25) is 0 Å². The molecule has 0 aromatic heterocycles. The number of piperidine rings is 1. The maximum atomic E-state index is 14.1. The molecule has 0 radical (unpaired) electrons. The Morgan fingerprint density at radius 1 is 1.00 bits per heavy atom. The summed E-state index contributed by atoms with van der Waals surface area (Å²) in [5, 5.41) is 3.35. The van der Waals surface area contributed by atoms with Gasteiger partial charge < -0.3 is 14.8 Å². The number of ether oxygens (including phenoxy) is 2. The maximum Gasteiger partial charge on any atom is 0.123 e. The predicted molar refractivity (Wildman–Crippen MR) is 103 cm³/mol. The van der Waals surface area contributed by atoms with Gasteiger partial charge in [0.15, 0.2) is 0 Å². The van der Waals surface area contributed by atoms with Crippen LogP contribution < -0.4 is 5.32 Å². The molecule has 27 heavy (non-hydrogen) atoms. The lowest BCUT2D eigenvalue weighted by molar-refractivity contribution is -0.0367. The second-order valence-corrected chi connectivity index (χ2v) is 8.93. The van der Waals surface area contributed by atoms with Crippen LogP contribution in [-0.4, -0.2) is 62.5 Å². The van der Waals surface area contributed by atoms with E-state index in [-0.39, 0.29) is 11.4 Å². The van der Waals surface area contributed by atoms with Gasteiger partial charge in [0.25, 0.3) is 0 Å². The molecule has 5 heteroatoms. The number of hydrogen-bond acceptors (Lipinski definition) is 4. The van der Waals surface area contributed by atoms with Gasteiger partial charge in [-0.2, -0.15) is 0 Å². The van der Waals surface area contributed by atoms with Crippen molar-refractivity contribution < 1.29 is 13.9 Å². The van der Waals surface area contributed by atoms with E-state index in [2.05, 4.69) is 10.2 Å². The minimum atomic E-state index is -0.0909. The molecule has 1 aromatic carbocycles. The van der Waals surface area contributed by atoms with Crippen LogP contribution in [0.1, 0.15) is 55.1 Å². The molecule has 1 N–H and O–H groups in total. The van der Waals surface area contributed by atoms with Gasteiger partial charge >= 0.3 is 0 Å². The second-order valence-electron chi connectivity index (χ2n) is 8.93. The van der Waals surface area contributed by atoms with E-state index in [0.717, 1.165) is 78.1 Å². The van der Waals surface area contributed by atoms with Crippen LogP contribution in [0.25, 0.3) is 0 Å². The Hall–Kier alpha value is -1.01. The Morgan fingerprint density at radius 2 is 1.74 bits per heavy atom.